The van der Waals surface area contributed by atoms with Crippen LogP contribution in [-0.2, 0) is 6.54 Å². The Morgan fingerprint density at radius 3 is 2.77 bits per heavy atom. The molecule has 0 aliphatic heterocycles. The van der Waals surface area contributed by atoms with Gasteiger partial charge in [-0.05, 0) is 13.1 Å². The van der Waals surface area contributed by atoms with Gasteiger partial charge in [-0.15, -0.1) is 0 Å². The Labute approximate surface area is 77.8 Å². The molecule has 0 aromatic carbocycles. The van der Waals surface area contributed by atoms with Gasteiger partial charge in [-0.1, -0.05) is 0 Å². The van der Waals surface area contributed by atoms with E-state index in [1.165, 1.54) is 0 Å². The van der Waals surface area contributed by atoms with Gasteiger partial charge in [0.25, 0.3) is 0 Å². The normalized spacial score (nSPS) is 9.92. The minimum atomic E-state index is 0.545. The SMILES string of the molecule is CN(CCC#N)Cc1ncccn1. The molecule has 0 unspecified atom stereocenters. The van der Waals surface area contributed by atoms with Crippen molar-refractivity contribution in [1.29, 1.82) is 5.26 Å². The molecule has 0 atom stereocenters. The Morgan fingerprint density at radius 1 is 1.46 bits per heavy atom. The van der Waals surface area contributed by atoms with Crippen molar-refractivity contribution in [3.63, 3.8) is 0 Å². The first kappa shape index (κ1) is 9.62. The standard InChI is InChI=1S/C9H12N4/c1-13(7-2-4-10)8-9-11-5-3-6-12-9/h3,5-6H,2,7-8H2,1H3. The fourth-order valence-electron chi connectivity index (χ4n) is 0.973. The summed E-state index contributed by atoms with van der Waals surface area (Å²) in [5, 5.41) is 8.37. The molecule has 13 heavy (non-hydrogen) atoms. The molecule has 68 valence electrons. The average molecular weight is 176 g/mol. The molecule has 1 aromatic rings. The van der Waals surface area contributed by atoms with E-state index in [0.29, 0.717) is 13.0 Å². The first-order valence-corrected chi connectivity index (χ1v) is 4.14. The Balaban J connectivity index is 2.37. The second-order valence-electron chi connectivity index (χ2n) is 2.81. The average Bonchev–Trinajstić information content (AvgIpc) is 2.16. The monoisotopic (exact) mass is 176 g/mol. The fourth-order valence-corrected chi connectivity index (χ4v) is 0.973. The van der Waals surface area contributed by atoms with Crippen LogP contribution in [0.3, 0.4) is 0 Å². The summed E-state index contributed by atoms with van der Waals surface area (Å²) in [6.45, 7) is 1.46. The lowest BCUT2D eigenvalue weighted by Gasteiger charge is -2.12. The van der Waals surface area contributed by atoms with Gasteiger partial charge in [0.05, 0.1) is 12.6 Å². The van der Waals surface area contributed by atoms with E-state index in [0.717, 1.165) is 12.4 Å². The summed E-state index contributed by atoms with van der Waals surface area (Å²) in [4.78, 5) is 10.2. The van der Waals surface area contributed by atoms with Crippen molar-refractivity contribution in [2.45, 2.75) is 13.0 Å². The molecule has 0 bridgehead atoms. The van der Waals surface area contributed by atoms with Gasteiger partial charge in [0.2, 0.25) is 0 Å². The summed E-state index contributed by atoms with van der Waals surface area (Å²) in [5.41, 5.74) is 0. The summed E-state index contributed by atoms with van der Waals surface area (Å²) in [6, 6.07) is 3.89. The highest BCUT2D eigenvalue weighted by Crippen LogP contribution is 1.95. The highest BCUT2D eigenvalue weighted by molar-refractivity contribution is 4.88. The zero-order chi connectivity index (χ0) is 9.52. The summed E-state index contributed by atoms with van der Waals surface area (Å²) < 4.78 is 0. The number of nitriles is 1. The molecule has 0 aliphatic carbocycles. The van der Waals surface area contributed by atoms with Crippen LogP contribution in [0, 0.1) is 11.3 Å². The molecule has 0 radical (unpaired) electrons. The lowest BCUT2D eigenvalue weighted by atomic mass is 10.4. The molecule has 0 amide bonds. The smallest absolute Gasteiger partial charge is 0.142 e. The largest absolute Gasteiger partial charge is 0.298 e. The van der Waals surface area contributed by atoms with Crippen molar-refractivity contribution in [3.05, 3.63) is 24.3 Å². The number of aromatic nitrogens is 2. The minimum Gasteiger partial charge on any atom is -0.298 e. The second-order valence-corrected chi connectivity index (χ2v) is 2.81. The minimum absolute atomic E-state index is 0.545. The highest BCUT2D eigenvalue weighted by Gasteiger charge is 2.00. The molecule has 1 rings (SSSR count). The molecule has 0 saturated carbocycles. The van der Waals surface area contributed by atoms with Crippen molar-refractivity contribution in [2.75, 3.05) is 13.6 Å². The molecule has 4 nitrogen and oxygen atoms in total. The molecule has 1 heterocycles. The van der Waals surface area contributed by atoms with E-state index in [4.69, 9.17) is 5.26 Å². The number of rotatable bonds is 4. The van der Waals surface area contributed by atoms with E-state index in [1.54, 1.807) is 18.5 Å². The van der Waals surface area contributed by atoms with Crippen LogP contribution in [0.15, 0.2) is 18.5 Å². The van der Waals surface area contributed by atoms with Crippen molar-refractivity contribution in [1.82, 2.24) is 14.9 Å². The van der Waals surface area contributed by atoms with Crippen molar-refractivity contribution < 1.29 is 0 Å². The van der Waals surface area contributed by atoms with E-state index in [1.807, 2.05) is 11.9 Å². The number of hydrogen-bond donors (Lipinski definition) is 0. The molecule has 0 N–H and O–H groups in total. The Morgan fingerprint density at radius 2 is 2.15 bits per heavy atom. The Bertz CT molecular complexity index is 277. The van der Waals surface area contributed by atoms with Crippen LogP contribution >= 0.6 is 0 Å². The van der Waals surface area contributed by atoms with Crippen LogP contribution in [0.25, 0.3) is 0 Å². The predicted molar refractivity (Wildman–Crippen MR) is 48.6 cm³/mol. The van der Waals surface area contributed by atoms with Gasteiger partial charge in [-0.2, -0.15) is 5.26 Å². The van der Waals surface area contributed by atoms with E-state index in [9.17, 15) is 0 Å². The van der Waals surface area contributed by atoms with E-state index in [-0.39, 0.29) is 0 Å². The maximum atomic E-state index is 8.37. The number of nitrogens with zero attached hydrogens (tertiary/aromatic N) is 4. The fraction of sp³-hybridized carbons (Fsp3) is 0.444. The maximum Gasteiger partial charge on any atom is 0.142 e. The van der Waals surface area contributed by atoms with E-state index >= 15 is 0 Å². The first-order valence-electron chi connectivity index (χ1n) is 4.14. The van der Waals surface area contributed by atoms with Gasteiger partial charge in [0.15, 0.2) is 0 Å². The molecule has 1 aromatic heterocycles. The molecule has 0 saturated heterocycles. The topological polar surface area (TPSA) is 52.8 Å². The third-order valence-corrected chi connectivity index (χ3v) is 1.64. The molecule has 0 spiro atoms. The summed E-state index contributed by atoms with van der Waals surface area (Å²) in [7, 11) is 1.95. The summed E-state index contributed by atoms with van der Waals surface area (Å²) >= 11 is 0. The van der Waals surface area contributed by atoms with Gasteiger partial charge < -0.3 is 0 Å². The zero-order valence-electron chi connectivity index (χ0n) is 7.64. The van der Waals surface area contributed by atoms with Crippen molar-refractivity contribution in [3.8, 4) is 6.07 Å². The third kappa shape index (κ3) is 3.63. The van der Waals surface area contributed by atoms with Crippen molar-refractivity contribution in [2.24, 2.45) is 0 Å². The third-order valence-electron chi connectivity index (χ3n) is 1.64. The quantitative estimate of drug-likeness (QED) is 0.681. The van der Waals surface area contributed by atoms with Crippen molar-refractivity contribution >= 4 is 0 Å². The van der Waals surface area contributed by atoms with Crippen LogP contribution in [0.1, 0.15) is 12.2 Å². The van der Waals surface area contributed by atoms with Gasteiger partial charge in [0.1, 0.15) is 5.82 Å². The zero-order valence-corrected chi connectivity index (χ0v) is 7.64. The van der Waals surface area contributed by atoms with Crippen LogP contribution in [-0.4, -0.2) is 28.5 Å². The molecule has 0 fully saturated rings. The van der Waals surface area contributed by atoms with E-state index in [2.05, 4.69) is 16.0 Å². The van der Waals surface area contributed by atoms with Crippen LogP contribution in [0.4, 0.5) is 0 Å². The number of hydrogen-bond acceptors (Lipinski definition) is 4. The Hall–Kier alpha value is -1.47. The highest BCUT2D eigenvalue weighted by atomic mass is 15.1. The lowest BCUT2D eigenvalue weighted by Crippen LogP contribution is -2.20. The summed E-state index contributed by atoms with van der Waals surface area (Å²) in [5.74, 6) is 0.794. The van der Waals surface area contributed by atoms with Crippen LogP contribution < -0.4 is 0 Å². The van der Waals surface area contributed by atoms with Crippen LogP contribution in [0.2, 0.25) is 0 Å². The second kappa shape index (κ2) is 5.22. The molecule has 0 aliphatic rings. The maximum absolute atomic E-state index is 8.37. The lowest BCUT2D eigenvalue weighted by molar-refractivity contribution is 0.326. The summed E-state index contributed by atoms with van der Waals surface area (Å²) in [6.07, 6.45) is 3.99. The predicted octanol–water partition coefficient (Wildman–Crippen LogP) is 0.822. The van der Waals surface area contributed by atoms with Gasteiger partial charge in [0, 0.05) is 25.4 Å². The molecule has 4 heteroatoms. The van der Waals surface area contributed by atoms with Gasteiger partial charge >= 0.3 is 0 Å². The van der Waals surface area contributed by atoms with Gasteiger partial charge in [-0.25, -0.2) is 9.97 Å². The molecular formula is C9H12N4. The van der Waals surface area contributed by atoms with E-state index < -0.39 is 0 Å². The van der Waals surface area contributed by atoms with Crippen LogP contribution in [0.5, 0.6) is 0 Å². The Kier molecular flexibility index (Phi) is 3.86. The first-order chi connectivity index (χ1) is 6.33. The molecular weight excluding hydrogens is 164 g/mol. The van der Waals surface area contributed by atoms with Gasteiger partial charge in [-0.3, -0.25) is 4.90 Å².